The van der Waals surface area contributed by atoms with E-state index in [0.717, 1.165) is 29.0 Å². The molecule has 0 amide bonds. The summed E-state index contributed by atoms with van der Waals surface area (Å²) in [6, 6.07) is 8.60. The molecule has 1 aliphatic rings. The lowest BCUT2D eigenvalue weighted by Crippen LogP contribution is -2.44. The molecule has 0 spiro atoms. The van der Waals surface area contributed by atoms with Crippen LogP contribution >= 0.6 is 11.6 Å². The van der Waals surface area contributed by atoms with Gasteiger partial charge in [0.2, 0.25) is 0 Å². The van der Waals surface area contributed by atoms with Gasteiger partial charge in [0.05, 0.1) is 16.2 Å². The van der Waals surface area contributed by atoms with Gasteiger partial charge in [-0.3, -0.25) is 4.98 Å². The van der Waals surface area contributed by atoms with Gasteiger partial charge in [0.1, 0.15) is 0 Å². The smallest absolute Gasteiger partial charge is 0.0950 e. The maximum Gasteiger partial charge on any atom is 0.0950 e. The number of hydrogen-bond acceptors (Lipinski definition) is 3. The van der Waals surface area contributed by atoms with Gasteiger partial charge >= 0.3 is 0 Å². The van der Waals surface area contributed by atoms with E-state index in [1.807, 2.05) is 31.4 Å². The lowest BCUT2D eigenvalue weighted by molar-refractivity contribution is 0.450. The third-order valence-corrected chi connectivity index (χ3v) is 4.20. The monoisotopic (exact) mass is 275 g/mol. The first kappa shape index (κ1) is 12.7. The Hall–Kier alpha value is -1.32. The fourth-order valence-electron chi connectivity index (χ4n) is 2.81. The molecule has 1 N–H and O–H groups in total. The van der Waals surface area contributed by atoms with Gasteiger partial charge in [-0.2, -0.15) is 0 Å². The van der Waals surface area contributed by atoms with E-state index in [1.165, 1.54) is 18.5 Å². The molecule has 2 aromatic rings. The van der Waals surface area contributed by atoms with Crippen molar-refractivity contribution in [3.8, 4) is 0 Å². The fraction of sp³-hybridized carbons (Fsp3) is 0.400. The Morgan fingerprint density at radius 1 is 1.37 bits per heavy atom. The molecule has 1 aliphatic heterocycles. The normalized spacial score (nSPS) is 19.9. The largest absolute Gasteiger partial charge is 0.368 e. The van der Waals surface area contributed by atoms with Crippen LogP contribution in [0.15, 0.2) is 30.5 Å². The first-order valence-corrected chi connectivity index (χ1v) is 7.13. The Morgan fingerprint density at radius 2 is 2.26 bits per heavy atom. The predicted molar refractivity (Wildman–Crippen MR) is 81.0 cm³/mol. The maximum absolute atomic E-state index is 6.25. The van der Waals surface area contributed by atoms with E-state index in [2.05, 4.69) is 21.3 Å². The van der Waals surface area contributed by atoms with Crippen molar-refractivity contribution in [3.05, 3.63) is 35.5 Å². The van der Waals surface area contributed by atoms with Crippen LogP contribution < -0.4 is 10.2 Å². The molecule has 1 fully saturated rings. The maximum atomic E-state index is 6.25. The summed E-state index contributed by atoms with van der Waals surface area (Å²) < 4.78 is 0. The summed E-state index contributed by atoms with van der Waals surface area (Å²) in [5.74, 6) is 0. The molecule has 1 unspecified atom stereocenters. The summed E-state index contributed by atoms with van der Waals surface area (Å²) in [6.07, 6.45) is 4.29. The molecule has 1 aromatic heterocycles. The Bertz CT molecular complexity index is 585. The topological polar surface area (TPSA) is 28.2 Å². The van der Waals surface area contributed by atoms with Crippen LogP contribution in [0.3, 0.4) is 0 Å². The predicted octanol–water partition coefficient (Wildman–Crippen LogP) is 3.08. The number of nitrogens with zero attached hydrogens (tertiary/aromatic N) is 2. The van der Waals surface area contributed by atoms with E-state index in [-0.39, 0.29) is 0 Å². The summed E-state index contributed by atoms with van der Waals surface area (Å²) >= 11 is 6.25. The Balaban J connectivity index is 2.03. The zero-order chi connectivity index (χ0) is 13.2. The quantitative estimate of drug-likeness (QED) is 0.913. The Kier molecular flexibility index (Phi) is 3.58. The second-order valence-electron chi connectivity index (χ2n) is 5.04. The highest BCUT2D eigenvalue weighted by Crippen LogP contribution is 2.31. The average Bonchev–Trinajstić information content (AvgIpc) is 2.48. The molecule has 3 nitrogen and oxygen atoms in total. The van der Waals surface area contributed by atoms with Gasteiger partial charge in [0, 0.05) is 30.7 Å². The lowest BCUT2D eigenvalue weighted by Gasteiger charge is -2.34. The van der Waals surface area contributed by atoms with Gasteiger partial charge in [0.25, 0.3) is 0 Å². The van der Waals surface area contributed by atoms with E-state index in [9.17, 15) is 0 Å². The van der Waals surface area contributed by atoms with Crippen LogP contribution in [-0.4, -0.2) is 31.2 Å². The number of aromatic nitrogens is 1. The van der Waals surface area contributed by atoms with Gasteiger partial charge in [-0.15, -0.1) is 0 Å². The Morgan fingerprint density at radius 3 is 3.11 bits per heavy atom. The first-order valence-electron chi connectivity index (χ1n) is 6.75. The zero-order valence-electron chi connectivity index (χ0n) is 11.1. The molecule has 0 radical (unpaired) electrons. The molecule has 1 atom stereocenters. The minimum Gasteiger partial charge on any atom is -0.368 e. The highest BCUT2D eigenvalue weighted by Gasteiger charge is 2.20. The van der Waals surface area contributed by atoms with Gasteiger partial charge < -0.3 is 10.2 Å². The number of pyridine rings is 1. The number of rotatable bonds is 2. The highest BCUT2D eigenvalue weighted by atomic mass is 35.5. The van der Waals surface area contributed by atoms with E-state index in [4.69, 9.17) is 11.6 Å². The van der Waals surface area contributed by atoms with Crippen LogP contribution in [0, 0.1) is 0 Å². The van der Waals surface area contributed by atoms with Crippen molar-refractivity contribution >= 4 is 28.2 Å². The number of hydrogen-bond donors (Lipinski definition) is 1. The number of halogens is 1. The molecular weight excluding hydrogens is 258 g/mol. The molecule has 0 bridgehead atoms. The zero-order valence-corrected chi connectivity index (χ0v) is 11.8. The molecule has 3 rings (SSSR count). The van der Waals surface area contributed by atoms with Crippen LogP contribution in [0.4, 0.5) is 5.69 Å². The number of benzene rings is 1. The van der Waals surface area contributed by atoms with Crippen LogP contribution in [-0.2, 0) is 0 Å². The summed E-state index contributed by atoms with van der Waals surface area (Å²) in [4.78, 5) is 6.93. The standard InChI is InChI=1S/C15H18ClN3/c1-17-11-4-3-9-19(10-11)14-7-6-13(16)12-5-2-8-18-15(12)14/h2,5-8,11,17H,3-4,9-10H2,1H3. The molecule has 19 heavy (non-hydrogen) atoms. The number of nitrogens with one attached hydrogen (secondary N) is 1. The summed E-state index contributed by atoms with van der Waals surface area (Å²) in [5, 5.41) is 5.18. The molecular formula is C15H18ClN3. The van der Waals surface area contributed by atoms with E-state index >= 15 is 0 Å². The minimum absolute atomic E-state index is 0.559. The van der Waals surface area contributed by atoms with Gasteiger partial charge in [-0.05, 0) is 44.2 Å². The van der Waals surface area contributed by atoms with Crippen LogP contribution in [0.5, 0.6) is 0 Å². The Labute approximate surface area is 118 Å². The number of likely N-dealkylation sites (N-methyl/N-ethyl adjacent to an activating group) is 1. The van der Waals surface area contributed by atoms with Crippen LogP contribution in [0.1, 0.15) is 12.8 Å². The third-order valence-electron chi connectivity index (χ3n) is 3.87. The van der Waals surface area contributed by atoms with Crippen LogP contribution in [0.2, 0.25) is 5.02 Å². The molecule has 100 valence electrons. The second kappa shape index (κ2) is 5.35. The van der Waals surface area contributed by atoms with Crippen LogP contribution in [0.25, 0.3) is 10.9 Å². The summed E-state index contributed by atoms with van der Waals surface area (Å²) in [5.41, 5.74) is 2.20. The van der Waals surface area contributed by atoms with Gasteiger partial charge in [0.15, 0.2) is 0 Å². The fourth-order valence-corrected chi connectivity index (χ4v) is 3.03. The highest BCUT2D eigenvalue weighted by molar-refractivity contribution is 6.35. The number of anilines is 1. The molecule has 2 heterocycles. The van der Waals surface area contributed by atoms with Gasteiger partial charge in [-0.25, -0.2) is 0 Å². The SMILES string of the molecule is CNC1CCCN(c2ccc(Cl)c3cccnc23)C1. The average molecular weight is 276 g/mol. The molecule has 0 aliphatic carbocycles. The molecule has 0 saturated carbocycles. The number of fused-ring (bicyclic) bond motifs is 1. The van der Waals surface area contributed by atoms with Crippen molar-refractivity contribution in [1.29, 1.82) is 0 Å². The van der Waals surface area contributed by atoms with Crippen molar-refractivity contribution in [1.82, 2.24) is 10.3 Å². The van der Waals surface area contributed by atoms with Crippen molar-refractivity contribution < 1.29 is 0 Å². The number of piperidine rings is 1. The summed E-state index contributed by atoms with van der Waals surface area (Å²) in [6.45, 7) is 2.12. The van der Waals surface area contributed by atoms with Crippen molar-refractivity contribution in [2.45, 2.75) is 18.9 Å². The van der Waals surface area contributed by atoms with Crippen molar-refractivity contribution in [3.63, 3.8) is 0 Å². The summed E-state index contributed by atoms with van der Waals surface area (Å²) in [7, 11) is 2.03. The van der Waals surface area contributed by atoms with Gasteiger partial charge in [-0.1, -0.05) is 11.6 Å². The third kappa shape index (κ3) is 2.40. The molecule has 1 aromatic carbocycles. The first-order chi connectivity index (χ1) is 9.29. The lowest BCUT2D eigenvalue weighted by atomic mass is 10.0. The van der Waals surface area contributed by atoms with Crippen molar-refractivity contribution in [2.24, 2.45) is 0 Å². The van der Waals surface area contributed by atoms with E-state index in [0.29, 0.717) is 6.04 Å². The van der Waals surface area contributed by atoms with Crippen molar-refractivity contribution in [2.75, 3.05) is 25.0 Å². The molecule has 4 heteroatoms. The van der Waals surface area contributed by atoms with E-state index in [1.54, 1.807) is 0 Å². The minimum atomic E-state index is 0.559. The second-order valence-corrected chi connectivity index (χ2v) is 5.45. The molecule has 1 saturated heterocycles. The van der Waals surface area contributed by atoms with E-state index < -0.39 is 0 Å².